The van der Waals surface area contributed by atoms with E-state index >= 15 is 0 Å². The van der Waals surface area contributed by atoms with Crippen molar-refractivity contribution < 1.29 is 24.2 Å². The molecular formula is C17H23NO5. The van der Waals surface area contributed by atoms with Crippen molar-refractivity contribution in [1.82, 2.24) is 5.32 Å². The van der Waals surface area contributed by atoms with E-state index in [1.165, 1.54) is 0 Å². The summed E-state index contributed by atoms with van der Waals surface area (Å²) in [5.74, 6) is -0.883. The van der Waals surface area contributed by atoms with Crippen molar-refractivity contribution in [2.45, 2.75) is 44.9 Å². The molecule has 1 aliphatic rings. The van der Waals surface area contributed by atoms with Gasteiger partial charge in [0.2, 0.25) is 5.91 Å². The van der Waals surface area contributed by atoms with Crippen LogP contribution in [-0.2, 0) is 20.9 Å². The zero-order valence-electron chi connectivity index (χ0n) is 13.5. The molecule has 0 bridgehead atoms. The van der Waals surface area contributed by atoms with Gasteiger partial charge in [-0.3, -0.25) is 9.59 Å². The molecule has 1 fully saturated rings. The van der Waals surface area contributed by atoms with Crippen LogP contribution in [0.25, 0.3) is 0 Å². The second kappa shape index (κ2) is 7.97. The zero-order chi connectivity index (χ0) is 16.8. The summed E-state index contributed by atoms with van der Waals surface area (Å²) in [7, 11) is 1.59. The molecule has 0 heterocycles. The highest BCUT2D eigenvalue weighted by Crippen LogP contribution is 2.26. The number of carbonyl (C=O) groups is 2. The first kappa shape index (κ1) is 17.3. The fourth-order valence-corrected chi connectivity index (χ4v) is 2.79. The van der Waals surface area contributed by atoms with Crippen molar-refractivity contribution in [2.75, 3.05) is 7.11 Å². The lowest BCUT2D eigenvalue weighted by Crippen LogP contribution is -2.44. The smallest absolute Gasteiger partial charge is 0.308 e. The average Bonchev–Trinajstić information content (AvgIpc) is 3.01. The van der Waals surface area contributed by atoms with Gasteiger partial charge in [-0.2, -0.15) is 0 Å². The molecule has 2 N–H and O–H groups in total. The van der Waals surface area contributed by atoms with Gasteiger partial charge in [-0.15, -0.1) is 0 Å². The molecule has 0 aromatic heterocycles. The minimum absolute atomic E-state index is 0.272. The van der Waals surface area contributed by atoms with Crippen LogP contribution >= 0.6 is 0 Å². The van der Waals surface area contributed by atoms with Crippen molar-refractivity contribution >= 4 is 11.9 Å². The number of rotatable bonds is 7. The fraction of sp³-hybridized carbons (Fsp3) is 0.529. The Hall–Kier alpha value is -2.08. The van der Waals surface area contributed by atoms with E-state index in [2.05, 4.69) is 5.32 Å². The molecule has 6 heteroatoms. The second-order valence-corrected chi connectivity index (χ2v) is 5.80. The van der Waals surface area contributed by atoms with Gasteiger partial charge >= 0.3 is 5.97 Å². The largest absolute Gasteiger partial charge is 0.497 e. The quantitative estimate of drug-likeness (QED) is 0.802. The predicted octanol–water partition coefficient (Wildman–Crippen LogP) is 1.97. The SMILES string of the molecule is COc1cccc(COC(C)C(=O)N[C@@H]2CCC[C@@H]2C(=O)O)c1. The molecule has 0 aliphatic heterocycles. The van der Waals surface area contributed by atoms with Crippen LogP contribution in [0.4, 0.5) is 0 Å². The van der Waals surface area contributed by atoms with Gasteiger partial charge in [0.1, 0.15) is 11.9 Å². The van der Waals surface area contributed by atoms with E-state index in [9.17, 15) is 9.59 Å². The van der Waals surface area contributed by atoms with Crippen LogP contribution in [0.3, 0.4) is 0 Å². The fourth-order valence-electron chi connectivity index (χ4n) is 2.79. The standard InChI is InChI=1S/C17H23NO5/c1-11(23-10-12-5-3-6-13(9-12)22-2)16(19)18-15-8-4-7-14(15)17(20)21/h3,5-6,9,11,14-15H,4,7-8,10H2,1-2H3,(H,18,19)(H,20,21)/t11?,14-,15+/m0/s1. The first-order valence-corrected chi connectivity index (χ1v) is 7.79. The number of ether oxygens (including phenoxy) is 2. The third-order valence-electron chi connectivity index (χ3n) is 4.16. The average molecular weight is 321 g/mol. The summed E-state index contributed by atoms with van der Waals surface area (Å²) in [6.45, 7) is 1.96. The summed E-state index contributed by atoms with van der Waals surface area (Å²) in [4.78, 5) is 23.3. The molecule has 1 saturated carbocycles. The second-order valence-electron chi connectivity index (χ2n) is 5.80. The molecule has 1 aliphatic carbocycles. The summed E-state index contributed by atoms with van der Waals surface area (Å²) in [5, 5.41) is 11.9. The molecule has 126 valence electrons. The van der Waals surface area contributed by atoms with Crippen LogP contribution in [-0.4, -0.2) is 36.2 Å². The molecule has 6 nitrogen and oxygen atoms in total. The van der Waals surface area contributed by atoms with E-state index in [0.29, 0.717) is 19.4 Å². The molecule has 0 radical (unpaired) electrons. The molecular weight excluding hydrogens is 298 g/mol. The van der Waals surface area contributed by atoms with Crippen LogP contribution < -0.4 is 10.1 Å². The Kier molecular flexibility index (Phi) is 5.98. The van der Waals surface area contributed by atoms with Crippen LogP contribution in [0.15, 0.2) is 24.3 Å². The third-order valence-corrected chi connectivity index (χ3v) is 4.16. The van der Waals surface area contributed by atoms with E-state index in [4.69, 9.17) is 14.6 Å². The maximum atomic E-state index is 12.2. The molecule has 0 spiro atoms. The highest BCUT2D eigenvalue weighted by Gasteiger charge is 2.34. The van der Waals surface area contributed by atoms with Gasteiger partial charge in [0, 0.05) is 6.04 Å². The molecule has 1 unspecified atom stereocenters. The van der Waals surface area contributed by atoms with Crippen molar-refractivity contribution in [3.63, 3.8) is 0 Å². The van der Waals surface area contributed by atoms with E-state index in [1.54, 1.807) is 14.0 Å². The number of methoxy groups -OCH3 is 1. The summed E-state index contributed by atoms with van der Waals surface area (Å²) < 4.78 is 10.7. The van der Waals surface area contributed by atoms with Crippen LogP contribution in [0.2, 0.25) is 0 Å². The number of carboxylic acid groups (broad SMARTS) is 1. The van der Waals surface area contributed by atoms with Crippen molar-refractivity contribution in [3.05, 3.63) is 29.8 Å². The number of amides is 1. The lowest BCUT2D eigenvalue weighted by atomic mass is 10.0. The Morgan fingerprint density at radius 1 is 1.39 bits per heavy atom. The van der Waals surface area contributed by atoms with Gasteiger partial charge in [0.05, 0.1) is 19.6 Å². The van der Waals surface area contributed by atoms with Crippen LogP contribution in [0, 0.1) is 5.92 Å². The Morgan fingerprint density at radius 3 is 2.87 bits per heavy atom. The lowest BCUT2D eigenvalue weighted by Gasteiger charge is -2.20. The van der Waals surface area contributed by atoms with E-state index in [-0.39, 0.29) is 11.9 Å². The Morgan fingerprint density at radius 2 is 2.17 bits per heavy atom. The van der Waals surface area contributed by atoms with Gasteiger partial charge < -0.3 is 19.9 Å². The summed E-state index contributed by atoms with van der Waals surface area (Å²) in [6, 6.07) is 7.14. The van der Waals surface area contributed by atoms with Gasteiger partial charge in [-0.05, 0) is 37.5 Å². The minimum Gasteiger partial charge on any atom is -0.497 e. The van der Waals surface area contributed by atoms with E-state index in [0.717, 1.165) is 17.7 Å². The minimum atomic E-state index is -0.849. The number of carbonyl (C=O) groups excluding carboxylic acids is 1. The maximum Gasteiger partial charge on any atom is 0.308 e. The predicted molar refractivity (Wildman–Crippen MR) is 84.2 cm³/mol. The number of aliphatic carboxylic acids is 1. The third kappa shape index (κ3) is 4.69. The van der Waals surface area contributed by atoms with Crippen molar-refractivity contribution in [2.24, 2.45) is 5.92 Å². The van der Waals surface area contributed by atoms with Crippen LogP contribution in [0.1, 0.15) is 31.7 Å². The summed E-state index contributed by atoms with van der Waals surface area (Å²) >= 11 is 0. The Labute approximate surface area is 135 Å². The lowest BCUT2D eigenvalue weighted by molar-refractivity contribution is -0.143. The highest BCUT2D eigenvalue weighted by atomic mass is 16.5. The van der Waals surface area contributed by atoms with Crippen molar-refractivity contribution in [1.29, 1.82) is 0 Å². The number of hydrogen-bond acceptors (Lipinski definition) is 4. The van der Waals surface area contributed by atoms with Crippen molar-refractivity contribution in [3.8, 4) is 5.75 Å². The molecule has 1 amide bonds. The number of nitrogens with one attached hydrogen (secondary N) is 1. The normalized spacial score (nSPS) is 21.7. The summed E-state index contributed by atoms with van der Waals surface area (Å²) in [6.07, 6.45) is 1.49. The Bertz CT molecular complexity index is 560. The first-order valence-electron chi connectivity index (χ1n) is 7.79. The number of hydrogen-bond donors (Lipinski definition) is 2. The monoisotopic (exact) mass is 321 g/mol. The molecule has 1 aromatic carbocycles. The van der Waals surface area contributed by atoms with E-state index in [1.807, 2.05) is 24.3 Å². The molecule has 1 aromatic rings. The molecule has 2 rings (SSSR count). The van der Waals surface area contributed by atoms with E-state index < -0.39 is 18.0 Å². The van der Waals surface area contributed by atoms with Gasteiger partial charge in [0.25, 0.3) is 0 Å². The zero-order valence-corrected chi connectivity index (χ0v) is 13.5. The maximum absolute atomic E-state index is 12.2. The first-order chi connectivity index (χ1) is 11.0. The molecule has 3 atom stereocenters. The van der Waals surface area contributed by atoms with Gasteiger partial charge in [-0.1, -0.05) is 18.6 Å². The number of carboxylic acids is 1. The highest BCUT2D eigenvalue weighted by molar-refractivity contribution is 5.81. The van der Waals surface area contributed by atoms with Gasteiger partial charge in [0.15, 0.2) is 0 Å². The molecule has 0 saturated heterocycles. The topological polar surface area (TPSA) is 84.9 Å². The van der Waals surface area contributed by atoms with Crippen LogP contribution in [0.5, 0.6) is 5.75 Å². The summed E-state index contributed by atoms with van der Waals surface area (Å²) in [5.41, 5.74) is 0.910. The number of benzene rings is 1. The Balaban J connectivity index is 1.84. The van der Waals surface area contributed by atoms with Gasteiger partial charge in [-0.25, -0.2) is 0 Å². The molecule has 23 heavy (non-hydrogen) atoms.